The van der Waals surface area contributed by atoms with Crippen LogP contribution in [0.5, 0.6) is 0 Å². The number of nitrogens with zero attached hydrogens (tertiary/aromatic N) is 1. The van der Waals surface area contributed by atoms with Gasteiger partial charge in [-0.25, -0.2) is 0 Å². The summed E-state index contributed by atoms with van der Waals surface area (Å²) in [5, 5.41) is 15.2. The van der Waals surface area contributed by atoms with E-state index in [1.54, 1.807) is 11.0 Å². The van der Waals surface area contributed by atoms with Crippen molar-refractivity contribution in [1.82, 2.24) is 15.5 Å². The summed E-state index contributed by atoms with van der Waals surface area (Å²) in [6.07, 6.45) is 1.78. The maximum absolute atomic E-state index is 11.5. The molecular weight excluding hydrogens is 254 g/mol. The fourth-order valence-corrected chi connectivity index (χ4v) is 1.87. The van der Waals surface area contributed by atoms with Gasteiger partial charge in [0.1, 0.15) is 0 Å². The number of carbonyl (C=O) groups excluding carboxylic acids is 1. The number of thiocarbonyl (C=S) groups is 1. The highest BCUT2D eigenvalue weighted by atomic mass is 32.1. The van der Waals surface area contributed by atoms with Crippen molar-refractivity contribution < 1.29 is 14.7 Å². The summed E-state index contributed by atoms with van der Waals surface area (Å²) >= 11 is 4.99. The van der Waals surface area contributed by atoms with Gasteiger partial charge in [0.05, 0.1) is 5.92 Å². The molecule has 0 spiro atoms. The quantitative estimate of drug-likeness (QED) is 0.449. The third-order valence-corrected chi connectivity index (χ3v) is 2.93. The first-order valence-electron chi connectivity index (χ1n) is 5.67. The van der Waals surface area contributed by atoms with Crippen molar-refractivity contribution in [2.24, 2.45) is 5.92 Å². The van der Waals surface area contributed by atoms with Crippen LogP contribution in [0.25, 0.3) is 0 Å². The predicted molar refractivity (Wildman–Crippen MR) is 71.1 cm³/mol. The summed E-state index contributed by atoms with van der Waals surface area (Å²) in [7, 11) is 0. The monoisotopic (exact) mass is 271 g/mol. The fraction of sp³-hybridized carbons (Fsp3) is 0.545. The van der Waals surface area contributed by atoms with Gasteiger partial charge >= 0.3 is 5.97 Å². The van der Waals surface area contributed by atoms with Crippen molar-refractivity contribution in [3.8, 4) is 0 Å². The molecule has 0 aromatic rings. The smallest absolute Gasteiger partial charge is 0.308 e. The molecule has 0 aromatic heterocycles. The Bertz CT molecular complexity index is 359. The number of nitrogens with one attached hydrogen (secondary N) is 2. The predicted octanol–water partition coefficient (Wildman–Crippen LogP) is -0.430. The van der Waals surface area contributed by atoms with Gasteiger partial charge < -0.3 is 20.6 Å². The minimum Gasteiger partial charge on any atom is -0.481 e. The number of likely N-dealkylation sites (tertiary alicyclic amines) is 1. The van der Waals surface area contributed by atoms with Crippen molar-refractivity contribution in [1.29, 1.82) is 0 Å². The number of amides is 1. The van der Waals surface area contributed by atoms with E-state index in [1.807, 2.05) is 0 Å². The molecule has 0 aromatic carbocycles. The van der Waals surface area contributed by atoms with Gasteiger partial charge in [0.2, 0.25) is 5.91 Å². The molecular formula is C11H17N3O3S. The van der Waals surface area contributed by atoms with Crippen LogP contribution in [0.4, 0.5) is 0 Å². The average molecular weight is 271 g/mol. The number of carboxylic acid groups (broad SMARTS) is 1. The Morgan fingerprint density at radius 1 is 1.61 bits per heavy atom. The molecule has 1 aliphatic rings. The lowest BCUT2D eigenvalue weighted by Gasteiger charge is -2.17. The third kappa shape index (κ3) is 4.33. The largest absolute Gasteiger partial charge is 0.481 e. The van der Waals surface area contributed by atoms with E-state index >= 15 is 0 Å². The first-order chi connectivity index (χ1) is 8.54. The number of aliphatic carboxylic acids is 1. The van der Waals surface area contributed by atoms with Crippen LogP contribution in [0.15, 0.2) is 12.7 Å². The van der Waals surface area contributed by atoms with Crippen molar-refractivity contribution >= 4 is 29.2 Å². The second-order valence-corrected chi connectivity index (χ2v) is 4.41. The molecule has 0 aliphatic carbocycles. The Morgan fingerprint density at radius 2 is 2.33 bits per heavy atom. The maximum atomic E-state index is 11.5. The van der Waals surface area contributed by atoms with Crippen LogP contribution in [0, 0.1) is 5.92 Å². The minimum absolute atomic E-state index is 0.0918. The number of carbonyl (C=O) groups is 2. The number of hydrogen-bond acceptors (Lipinski definition) is 3. The van der Waals surface area contributed by atoms with Crippen LogP contribution in [-0.4, -0.2) is 53.2 Å². The highest BCUT2D eigenvalue weighted by molar-refractivity contribution is 7.80. The average Bonchev–Trinajstić information content (AvgIpc) is 2.69. The van der Waals surface area contributed by atoms with E-state index in [2.05, 4.69) is 17.2 Å². The van der Waals surface area contributed by atoms with E-state index in [0.29, 0.717) is 24.7 Å². The van der Waals surface area contributed by atoms with E-state index < -0.39 is 11.9 Å². The van der Waals surface area contributed by atoms with Crippen molar-refractivity contribution in [3.05, 3.63) is 12.7 Å². The van der Waals surface area contributed by atoms with Gasteiger partial charge in [-0.15, -0.1) is 6.58 Å². The van der Waals surface area contributed by atoms with Crippen LogP contribution in [0.2, 0.25) is 0 Å². The van der Waals surface area contributed by atoms with Gasteiger partial charge in [0.25, 0.3) is 0 Å². The molecule has 7 heteroatoms. The minimum atomic E-state index is -0.915. The van der Waals surface area contributed by atoms with Gasteiger partial charge in [0.15, 0.2) is 5.11 Å². The molecule has 1 rings (SSSR count). The molecule has 1 atom stereocenters. The van der Waals surface area contributed by atoms with E-state index in [0.717, 1.165) is 0 Å². The van der Waals surface area contributed by atoms with Gasteiger partial charge in [-0.3, -0.25) is 9.59 Å². The number of hydrogen-bond donors (Lipinski definition) is 3. The van der Waals surface area contributed by atoms with E-state index in [-0.39, 0.29) is 18.9 Å². The number of carboxylic acids is 1. The summed E-state index contributed by atoms with van der Waals surface area (Å²) in [6.45, 7) is 5.37. The molecule has 1 aliphatic heterocycles. The topological polar surface area (TPSA) is 81.7 Å². The summed E-state index contributed by atoms with van der Waals surface area (Å²) in [5.41, 5.74) is 0. The summed E-state index contributed by atoms with van der Waals surface area (Å²) < 4.78 is 0. The van der Waals surface area contributed by atoms with E-state index in [4.69, 9.17) is 17.3 Å². The Hall–Kier alpha value is -1.63. The SMILES string of the molecule is C=CCNC(=S)NCCN1CC(C(=O)O)CC1=O. The fourth-order valence-electron chi connectivity index (χ4n) is 1.69. The molecule has 0 bridgehead atoms. The Kier molecular flexibility index (Phi) is 5.57. The standard InChI is InChI=1S/C11H17N3O3S/c1-2-3-12-11(18)13-4-5-14-7-8(10(16)17)6-9(14)15/h2,8H,1,3-7H2,(H,16,17)(H2,12,13,18). The van der Waals surface area contributed by atoms with Crippen LogP contribution >= 0.6 is 12.2 Å². The molecule has 0 radical (unpaired) electrons. The molecule has 1 unspecified atom stereocenters. The lowest BCUT2D eigenvalue weighted by molar-refractivity contribution is -0.141. The third-order valence-electron chi connectivity index (χ3n) is 2.64. The lowest BCUT2D eigenvalue weighted by atomic mass is 10.1. The Morgan fingerprint density at radius 3 is 2.89 bits per heavy atom. The van der Waals surface area contributed by atoms with E-state index in [9.17, 15) is 9.59 Å². The Balaban J connectivity index is 2.24. The zero-order chi connectivity index (χ0) is 13.5. The van der Waals surface area contributed by atoms with Gasteiger partial charge in [0, 0.05) is 32.6 Å². The zero-order valence-corrected chi connectivity index (χ0v) is 10.8. The normalized spacial score (nSPS) is 18.6. The van der Waals surface area contributed by atoms with Gasteiger partial charge in [-0.2, -0.15) is 0 Å². The zero-order valence-electron chi connectivity index (χ0n) is 10.0. The molecule has 100 valence electrons. The van der Waals surface area contributed by atoms with Crippen LogP contribution in [0.1, 0.15) is 6.42 Å². The molecule has 18 heavy (non-hydrogen) atoms. The molecule has 1 saturated heterocycles. The summed E-state index contributed by atoms with van der Waals surface area (Å²) in [5.74, 6) is -1.61. The van der Waals surface area contributed by atoms with Crippen LogP contribution < -0.4 is 10.6 Å². The highest BCUT2D eigenvalue weighted by Gasteiger charge is 2.33. The molecule has 6 nitrogen and oxygen atoms in total. The summed E-state index contributed by atoms with van der Waals surface area (Å²) in [6, 6.07) is 0. The van der Waals surface area contributed by atoms with Crippen molar-refractivity contribution in [3.63, 3.8) is 0 Å². The first kappa shape index (κ1) is 14.4. The van der Waals surface area contributed by atoms with Crippen molar-refractivity contribution in [2.75, 3.05) is 26.2 Å². The highest BCUT2D eigenvalue weighted by Crippen LogP contribution is 2.16. The molecule has 1 heterocycles. The van der Waals surface area contributed by atoms with Gasteiger partial charge in [-0.05, 0) is 12.2 Å². The maximum Gasteiger partial charge on any atom is 0.308 e. The van der Waals surface area contributed by atoms with Crippen LogP contribution in [-0.2, 0) is 9.59 Å². The van der Waals surface area contributed by atoms with Crippen LogP contribution in [0.3, 0.4) is 0 Å². The second-order valence-electron chi connectivity index (χ2n) is 4.00. The molecule has 0 saturated carbocycles. The van der Waals surface area contributed by atoms with Crippen molar-refractivity contribution in [2.45, 2.75) is 6.42 Å². The lowest BCUT2D eigenvalue weighted by Crippen LogP contribution is -2.40. The molecule has 1 fully saturated rings. The Labute approximate surface area is 111 Å². The molecule has 3 N–H and O–H groups in total. The molecule has 1 amide bonds. The first-order valence-corrected chi connectivity index (χ1v) is 6.08. The van der Waals surface area contributed by atoms with E-state index in [1.165, 1.54) is 0 Å². The second kappa shape index (κ2) is 6.95. The summed E-state index contributed by atoms with van der Waals surface area (Å²) in [4.78, 5) is 23.8. The number of rotatable bonds is 6. The van der Waals surface area contributed by atoms with Gasteiger partial charge in [-0.1, -0.05) is 6.08 Å².